The Balaban J connectivity index is 2.69. The molecule has 18 heavy (non-hydrogen) atoms. The minimum Gasteiger partial charge on any atom is -0.479 e. The van der Waals surface area contributed by atoms with Gasteiger partial charge >= 0.3 is 5.97 Å². The Kier molecular flexibility index (Phi) is 6.24. The summed E-state index contributed by atoms with van der Waals surface area (Å²) in [5.41, 5.74) is 0. The van der Waals surface area contributed by atoms with E-state index >= 15 is 0 Å². The van der Waals surface area contributed by atoms with Gasteiger partial charge < -0.3 is 14.7 Å². The summed E-state index contributed by atoms with van der Waals surface area (Å²) in [7, 11) is 0. The van der Waals surface area contributed by atoms with Gasteiger partial charge in [-0.1, -0.05) is 6.92 Å². The standard InChI is InChI=1S/C10H15NO4S3/c1-3-15-10(16)18-8(9(13)14)11-6(12)5-7(11)17-4-2/h7-8H,3-5H2,1-2H3,(H,13,14). The SMILES string of the molecule is CCOC(=S)SC(C(=O)O)N1C(=O)CC1SCC. The molecule has 1 heterocycles. The summed E-state index contributed by atoms with van der Waals surface area (Å²) in [5, 5.41) is 8.13. The van der Waals surface area contributed by atoms with Gasteiger partial charge in [0.15, 0.2) is 5.37 Å². The molecule has 0 aromatic carbocycles. The molecule has 1 rings (SSSR count). The molecule has 0 radical (unpaired) electrons. The average Bonchev–Trinajstić information content (AvgIpc) is 2.27. The molecule has 2 unspecified atom stereocenters. The lowest BCUT2D eigenvalue weighted by molar-refractivity contribution is -0.153. The monoisotopic (exact) mass is 309 g/mol. The Labute approximate surface area is 120 Å². The topological polar surface area (TPSA) is 66.8 Å². The molecule has 0 aromatic heterocycles. The maximum atomic E-state index is 11.6. The highest BCUT2D eigenvalue weighted by molar-refractivity contribution is 8.23. The van der Waals surface area contributed by atoms with Crippen molar-refractivity contribution in [3.05, 3.63) is 0 Å². The van der Waals surface area contributed by atoms with Gasteiger partial charge in [-0.25, -0.2) is 4.79 Å². The van der Waals surface area contributed by atoms with Crippen LogP contribution in [0.1, 0.15) is 20.3 Å². The smallest absolute Gasteiger partial charge is 0.337 e. The minimum absolute atomic E-state index is 0.0690. The van der Waals surface area contributed by atoms with Gasteiger partial charge in [0.25, 0.3) is 0 Å². The van der Waals surface area contributed by atoms with Crippen molar-refractivity contribution in [1.29, 1.82) is 0 Å². The Hall–Kier alpha value is -0.470. The van der Waals surface area contributed by atoms with Crippen LogP contribution >= 0.6 is 35.7 Å². The van der Waals surface area contributed by atoms with Crippen molar-refractivity contribution in [3.8, 4) is 0 Å². The number of β-lactam (4-membered cyclic amide) rings is 1. The highest BCUT2D eigenvalue weighted by atomic mass is 32.2. The second kappa shape index (κ2) is 7.20. The molecule has 0 aliphatic carbocycles. The van der Waals surface area contributed by atoms with Crippen molar-refractivity contribution in [2.45, 2.75) is 31.0 Å². The molecular formula is C10H15NO4S3. The highest BCUT2D eigenvalue weighted by Crippen LogP contribution is 2.35. The van der Waals surface area contributed by atoms with Crippen LogP contribution in [0.15, 0.2) is 0 Å². The van der Waals surface area contributed by atoms with Gasteiger partial charge in [0.05, 0.1) is 18.4 Å². The number of hydrogen-bond acceptors (Lipinski definition) is 6. The molecule has 102 valence electrons. The van der Waals surface area contributed by atoms with Gasteiger partial charge in [-0.05, 0) is 36.7 Å². The third-order valence-electron chi connectivity index (χ3n) is 2.24. The summed E-state index contributed by atoms with van der Waals surface area (Å²) in [6.07, 6.45) is 0.393. The van der Waals surface area contributed by atoms with E-state index in [0.29, 0.717) is 13.0 Å². The first-order valence-corrected chi connectivity index (χ1v) is 7.83. The predicted molar refractivity (Wildman–Crippen MR) is 76.6 cm³/mol. The molecule has 5 nitrogen and oxygen atoms in total. The molecule has 1 saturated heterocycles. The van der Waals surface area contributed by atoms with Crippen LogP contribution < -0.4 is 0 Å². The number of ether oxygens (including phenoxy) is 1. The molecule has 1 N–H and O–H groups in total. The van der Waals surface area contributed by atoms with Crippen molar-refractivity contribution < 1.29 is 19.4 Å². The zero-order valence-corrected chi connectivity index (χ0v) is 12.6. The van der Waals surface area contributed by atoms with Gasteiger partial charge in [-0.3, -0.25) is 4.79 Å². The first-order valence-electron chi connectivity index (χ1n) is 5.50. The Morgan fingerprint density at radius 1 is 1.67 bits per heavy atom. The average molecular weight is 309 g/mol. The number of carboxylic acids is 1. The summed E-state index contributed by atoms with van der Waals surface area (Å²) in [5.74, 6) is -0.390. The van der Waals surface area contributed by atoms with Gasteiger partial charge in [0.2, 0.25) is 10.3 Å². The number of carboxylic acid groups (broad SMARTS) is 1. The largest absolute Gasteiger partial charge is 0.479 e. The molecule has 2 atom stereocenters. The van der Waals surface area contributed by atoms with Crippen LogP contribution in [0.2, 0.25) is 0 Å². The van der Waals surface area contributed by atoms with E-state index in [1.165, 1.54) is 4.90 Å². The van der Waals surface area contributed by atoms with Crippen molar-refractivity contribution in [3.63, 3.8) is 0 Å². The van der Waals surface area contributed by atoms with E-state index < -0.39 is 11.3 Å². The Morgan fingerprint density at radius 3 is 2.78 bits per heavy atom. The van der Waals surface area contributed by atoms with Gasteiger partial charge in [0.1, 0.15) is 0 Å². The van der Waals surface area contributed by atoms with Crippen LogP contribution in [0.25, 0.3) is 0 Å². The van der Waals surface area contributed by atoms with Crippen molar-refractivity contribution >= 4 is 52.0 Å². The van der Waals surface area contributed by atoms with Gasteiger partial charge in [-0.2, -0.15) is 0 Å². The fraction of sp³-hybridized carbons (Fsp3) is 0.700. The van der Waals surface area contributed by atoms with Gasteiger partial charge in [-0.15, -0.1) is 11.8 Å². The maximum absolute atomic E-state index is 11.6. The summed E-state index contributed by atoms with van der Waals surface area (Å²) in [6.45, 7) is 4.13. The third-order valence-corrected chi connectivity index (χ3v) is 4.72. The number of nitrogens with zero attached hydrogens (tertiary/aromatic N) is 1. The molecule has 1 amide bonds. The number of rotatable bonds is 6. The lowest BCUT2D eigenvalue weighted by atomic mass is 10.2. The first-order chi connectivity index (χ1) is 8.51. The molecule has 1 aliphatic heterocycles. The molecule has 1 fully saturated rings. The molecule has 0 spiro atoms. The molecule has 1 aliphatic rings. The van der Waals surface area contributed by atoms with E-state index in [1.54, 1.807) is 18.7 Å². The van der Waals surface area contributed by atoms with E-state index in [2.05, 4.69) is 0 Å². The quantitative estimate of drug-likeness (QED) is 0.592. The van der Waals surface area contributed by atoms with Crippen LogP contribution in [0.4, 0.5) is 0 Å². The number of carbonyl (C=O) groups excluding carboxylic acids is 1. The summed E-state index contributed by atoms with van der Waals surface area (Å²) >= 11 is 7.37. The highest BCUT2D eigenvalue weighted by Gasteiger charge is 2.44. The molecule has 0 aromatic rings. The molecule has 0 saturated carbocycles. The zero-order chi connectivity index (χ0) is 13.7. The maximum Gasteiger partial charge on any atom is 0.337 e. The summed E-state index contributed by atoms with van der Waals surface area (Å²) in [6, 6.07) is 0. The summed E-state index contributed by atoms with van der Waals surface area (Å²) in [4.78, 5) is 24.2. The second-order valence-electron chi connectivity index (χ2n) is 3.41. The fourth-order valence-electron chi connectivity index (χ4n) is 1.48. The predicted octanol–water partition coefficient (Wildman–Crippen LogP) is 1.76. The third kappa shape index (κ3) is 3.76. The second-order valence-corrected chi connectivity index (χ2v) is 6.54. The van der Waals surface area contributed by atoms with Gasteiger partial charge in [0, 0.05) is 0 Å². The van der Waals surface area contributed by atoms with Crippen LogP contribution in [-0.2, 0) is 14.3 Å². The Morgan fingerprint density at radius 2 is 2.33 bits per heavy atom. The fourth-order valence-corrected chi connectivity index (χ4v) is 3.84. The normalized spacial score (nSPS) is 20.2. The number of thioether (sulfide) groups is 2. The Bertz CT molecular complexity index is 348. The van der Waals surface area contributed by atoms with E-state index in [1.807, 2.05) is 6.92 Å². The lowest BCUT2D eigenvalue weighted by Gasteiger charge is -2.42. The molecule has 8 heteroatoms. The zero-order valence-electron chi connectivity index (χ0n) is 10.1. The number of likely N-dealkylation sites (tertiary alicyclic amines) is 1. The van der Waals surface area contributed by atoms with Crippen molar-refractivity contribution in [1.82, 2.24) is 4.90 Å². The minimum atomic E-state index is -1.07. The van der Waals surface area contributed by atoms with Crippen LogP contribution in [0, 0.1) is 0 Å². The van der Waals surface area contributed by atoms with Crippen LogP contribution in [0.3, 0.4) is 0 Å². The number of carbonyl (C=O) groups is 2. The van der Waals surface area contributed by atoms with E-state index in [4.69, 9.17) is 17.0 Å². The molecular weight excluding hydrogens is 294 g/mol. The number of amides is 1. The number of thiocarbonyl (C=S) groups is 1. The van der Waals surface area contributed by atoms with E-state index in [9.17, 15) is 14.7 Å². The first kappa shape index (κ1) is 15.6. The summed E-state index contributed by atoms with van der Waals surface area (Å²) < 4.78 is 5.22. The number of aliphatic carboxylic acids is 1. The van der Waals surface area contributed by atoms with Crippen LogP contribution in [-0.4, -0.2) is 49.4 Å². The van der Waals surface area contributed by atoms with E-state index in [0.717, 1.165) is 17.5 Å². The number of hydrogen-bond donors (Lipinski definition) is 1. The lowest BCUT2D eigenvalue weighted by Crippen LogP contribution is -2.57. The van der Waals surface area contributed by atoms with Crippen molar-refractivity contribution in [2.75, 3.05) is 12.4 Å². The molecule has 0 bridgehead atoms. The van der Waals surface area contributed by atoms with Crippen molar-refractivity contribution in [2.24, 2.45) is 0 Å². The van der Waals surface area contributed by atoms with E-state index in [-0.39, 0.29) is 15.7 Å². The van der Waals surface area contributed by atoms with Crippen LogP contribution in [0.5, 0.6) is 0 Å².